The molecule has 0 atom stereocenters. The van der Waals surface area contributed by atoms with Gasteiger partial charge >= 0.3 is 0 Å². The summed E-state index contributed by atoms with van der Waals surface area (Å²) in [7, 11) is 0. The summed E-state index contributed by atoms with van der Waals surface area (Å²) >= 11 is 0. The highest BCUT2D eigenvalue weighted by Crippen LogP contribution is 2.29. The van der Waals surface area contributed by atoms with Crippen molar-refractivity contribution in [1.29, 1.82) is 0 Å². The van der Waals surface area contributed by atoms with E-state index in [1.807, 2.05) is 0 Å². The fraction of sp³-hybridized carbons (Fsp3) is 0.722. The van der Waals surface area contributed by atoms with E-state index in [-0.39, 0.29) is 5.41 Å². The van der Waals surface area contributed by atoms with Crippen LogP contribution in [0.15, 0.2) is 12.1 Å². The first kappa shape index (κ1) is 16.3. The lowest BCUT2D eigenvalue weighted by Crippen LogP contribution is -2.37. The zero-order valence-electron chi connectivity index (χ0n) is 14.2. The molecule has 1 aliphatic carbocycles. The fourth-order valence-electron chi connectivity index (χ4n) is 3.22. The Labute approximate surface area is 129 Å². The highest BCUT2D eigenvalue weighted by atomic mass is 15.2. The number of hydrogen-bond acceptors (Lipinski definition) is 3. The minimum Gasteiger partial charge on any atom is -0.354 e. The second-order valence-electron chi connectivity index (χ2n) is 7.25. The molecule has 1 fully saturated rings. The first-order chi connectivity index (χ1) is 9.95. The Balaban J connectivity index is 2.35. The highest BCUT2D eigenvalue weighted by Gasteiger charge is 2.23. The lowest BCUT2D eigenvalue weighted by atomic mass is 9.90. The Kier molecular flexibility index (Phi) is 5.26. The van der Waals surface area contributed by atoms with Crippen molar-refractivity contribution in [2.24, 2.45) is 5.73 Å². The molecule has 0 aromatic carbocycles. The second-order valence-corrected chi connectivity index (χ2v) is 7.25. The molecule has 0 amide bonds. The molecule has 1 aliphatic rings. The van der Waals surface area contributed by atoms with Crippen LogP contribution in [0.25, 0.3) is 0 Å². The maximum Gasteiger partial charge on any atom is 0.129 e. The predicted molar refractivity (Wildman–Crippen MR) is 90.7 cm³/mol. The van der Waals surface area contributed by atoms with Gasteiger partial charge in [-0.1, -0.05) is 40.0 Å². The molecule has 2 rings (SSSR count). The summed E-state index contributed by atoms with van der Waals surface area (Å²) in [6.07, 6.45) is 6.69. The van der Waals surface area contributed by atoms with Gasteiger partial charge in [0.1, 0.15) is 5.82 Å². The van der Waals surface area contributed by atoms with Crippen molar-refractivity contribution in [2.75, 3.05) is 11.4 Å². The molecule has 21 heavy (non-hydrogen) atoms. The largest absolute Gasteiger partial charge is 0.354 e. The third-order valence-corrected chi connectivity index (χ3v) is 4.53. The van der Waals surface area contributed by atoms with Crippen molar-refractivity contribution in [1.82, 2.24) is 4.98 Å². The van der Waals surface area contributed by atoms with Crippen LogP contribution in [0.3, 0.4) is 0 Å². The van der Waals surface area contributed by atoms with Crippen molar-refractivity contribution in [3.8, 4) is 0 Å². The predicted octanol–water partition coefficient (Wildman–Crippen LogP) is 4.00. The van der Waals surface area contributed by atoms with Crippen LogP contribution in [-0.4, -0.2) is 17.6 Å². The van der Waals surface area contributed by atoms with Crippen LogP contribution in [-0.2, 0) is 12.0 Å². The van der Waals surface area contributed by atoms with Gasteiger partial charge in [0, 0.05) is 30.2 Å². The Morgan fingerprint density at radius 1 is 1.19 bits per heavy atom. The van der Waals surface area contributed by atoms with Crippen LogP contribution < -0.4 is 10.6 Å². The maximum absolute atomic E-state index is 5.90. The van der Waals surface area contributed by atoms with E-state index in [0.717, 1.165) is 18.1 Å². The standard InChI is InChI=1S/C18H31N3/c1-5-21(15-9-7-6-8-10-15)17-12-14(13-19)11-16(20-17)18(2,3)4/h11-12,15H,5-10,13,19H2,1-4H3. The summed E-state index contributed by atoms with van der Waals surface area (Å²) < 4.78 is 0. The SMILES string of the molecule is CCN(c1cc(CN)cc(C(C)(C)C)n1)C1CCCCC1. The van der Waals surface area contributed by atoms with Gasteiger partial charge in [-0.3, -0.25) is 0 Å². The van der Waals surface area contributed by atoms with Gasteiger partial charge in [-0.15, -0.1) is 0 Å². The molecule has 0 bridgehead atoms. The van der Waals surface area contributed by atoms with Crippen molar-refractivity contribution >= 4 is 5.82 Å². The summed E-state index contributed by atoms with van der Waals surface area (Å²) in [5.74, 6) is 1.12. The van der Waals surface area contributed by atoms with Crippen LogP contribution in [0.5, 0.6) is 0 Å². The van der Waals surface area contributed by atoms with Crippen molar-refractivity contribution in [3.63, 3.8) is 0 Å². The number of anilines is 1. The zero-order valence-corrected chi connectivity index (χ0v) is 14.2. The van der Waals surface area contributed by atoms with E-state index in [2.05, 4.69) is 44.7 Å². The van der Waals surface area contributed by atoms with E-state index in [4.69, 9.17) is 10.7 Å². The van der Waals surface area contributed by atoms with Crippen molar-refractivity contribution in [3.05, 3.63) is 23.4 Å². The van der Waals surface area contributed by atoms with E-state index in [0.29, 0.717) is 12.6 Å². The third kappa shape index (κ3) is 3.97. The minimum atomic E-state index is 0.0614. The quantitative estimate of drug-likeness (QED) is 0.911. The van der Waals surface area contributed by atoms with Crippen molar-refractivity contribution in [2.45, 2.75) is 77.8 Å². The summed E-state index contributed by atoms with van der Waals surface area (Å²) in [6, 6.07) is 5.00. The monoisotopic (exact) mass is 289 g/mol. The zero-order chi connectivity index (χ0) is 15.5. The topological polar surface area (TPSA) is 42.1 Å². The smallest absolute Gasteiger partial charge is 0.129 e. The molecule has 1 aromatic heterocycles. The summed E-state index contributed by atoms with van der Waals surface area (Å²) in [5, 5.41) is 0. The molecule has 1 aromatic rings. The molecule has 1 heterocycles. The van der Waals surface area contributed by atoms with E-state index < -0.39 is 0 Å². The lowest BCUT2D eigenvalue weighted by molar-refractivity contribution is 0.415. The average molecular weight is 289 g/mol. The van der Waals surface area contributed by atoms with Gasteiger partial charge in [0.15, 0.2) is 0 Å². The average Bonchev–Trinajstić information content (AvgIpc) is 2.48. The van der Waals surface area contributed by atoms with Crippen LogP contribution in [0.2, 0.25) is 0 Å². The van der Waals surface area contributed by atoms with Gasteiger partial charge in [0.25, 0.3) is 0 Å². The van der Waals surface area contributed by atoms with Crippen molar-refractivity contribution < 1.29 is 0 Å². The van der Waals surface area contributed by atoms with Crippen LogP contribution in [0.1, 0.15) is 71.1 Å². The Morgan fingerprint density at radius 2 is 1.86 bits per heavy atom. The highest BCUT2D eigenvalue weighted by molar-refractivity contribution is 5.45. The summed E-state index contributed by atoms with van der Waals surface area (Å²) in [4.78, 5) is 7.46. The fourth-order valence-corrected chi connectivity index (χ4v) is 3.22. The molecule has 3 nitrogen and oxygen atoms in total. The first-order valence-electron chi connectivity index (χ1n) is 8.44. The molecule has 2 N–H and O–H groups in total. The van der Waals surface area contributed by atoms with Gasteiger partial charge in [0.05, 0.1) is 0 Å². The van der Waals surface area contributed by atoms with E-state index in [1.54, 1.807) is 0 Å². The van der Waals surface area contributed by atoms with E-state index in [1.165, 1.54) is 37.7 Å². The molecule has 0 spiro atoms. The minimum absolute atomic E-state index is 0.0614. The molecule has 0 radical (unpaired) electrons. The number of rotatable bonds is 4. The molecule has 3 heteroatoms. The van der Waals surface area contributed by atoms with Gasteiger partial charge in [-0.05, 0) is 37.5 Å². The summed E-state index contributed by atoms with van der Waals surface area (Å²) in [5.41, 5.74) is 8.31. The van der Waals surface area contributed by atoms with Gasteiger partial charge in [-0.2, -0.15) is 0 Å². The molecule has 118 valence electrons. The van der Waals surface area contributed by atoms with Gasteiger partial charge < -0.3 is 10.6 Å². The number of aromatic nitrogens is 1. The van der Waals surface area contributed by atoms with E-state index in [9.17, 15) is 0 Å². The summed E-state index contributed by atoms with van der Waals surface area (Å²) in [6.45, 7) is 10.5. The number of nitrogens with zero attached hydrogens (tertiary/aromatic N) is 2. The Bertz CT molecular complexity index is 456. The van der Waals surface area contributed by atoms with Crippen LogP contribution in [0.4, 0.5) is 5.82 Å². The van der Waals surface area contributed by atoms with Crippen LogP contribution >= 0.6 is 0 Å². The molecular formula is C18H31N3. The number of pyridine rings is 1. The number of nitrogens with two attached hydrogens (primary N) is 1. The second kappa shape index (κ2) is 6.78. The van der Waals surface area contributed by atoms with Crippen LogP contribution in [0, 0.1) is 0 Å². The number of hydrogen-bond donors (Lipinski definition) is 1. The molecule has 0 unspecified atom stereocenters. The maximum atomic E-state index is 5.90. The molecule has 0 saturated heterocycles. The molecule has 0 aliphatic heterocycles. The van der Waals surface area contributed by atoms with E-state index >= 15 is 0 Å². The Morgan fingerprint density at radius 3 is 2.38 bits per heavy atom. The first-order valence-corrected chi connectivity index (χ1v) is 8.44. The lowest BCUT2D eigenvalue weighted by Gasteiger charge is -2.35. The molecule has 1 saturated carbocycles. The Hall–Kier alpha value is -1.09. The molecular weight excluding hydrogens is 258 g/mol. The third-order valence-electron chi connectivity index (χ3n) is 4.53. The van der Waals surface area contributed by atoms with Gasteiger partial charge in [-0.25, -0.2) is 4.98 Å². The van der Waals surface area contributed by atoms with Gasteiger partial charge in [0.2, 0.25) is 0 Å². The normalized spacial score (nSPS) is 17.0.